The van der Waals surface area contributed by atoms with E-state index in [1.807, 2.05) is 0 Å². The highest BCUT2D eigenvalue weighted by atomic mass is 16.5. The first kappa shape index (κ1) is 12.5. The van der Waals surface area contributed by atoms with Crippen LogP contribution in [0.1, 0.15) is 25.7 Å². The molecule has 1 saturated carbocycles. The Bertz CT molecular complexity index is 273. The van der Waals surface area contributed by atoms with Crippen molar-refractivity contribution in [2.45, 2.75) is 31.7 Å². The normalized spacial score (nSPS) is 17.0. The van der Waals surface area contributed by atoms with Crippen LogP contribution in [0.2, 0.25) is 0 Å². The molecule has 1 fully saturated rings. The number of amides is 1. The van der Waals surface area contributed by atoms with Crippen molar-refractivity contribution in [3.63, 3.8) is 0 Å². The molecule has 1 aliphatic rings. The van der Waals surface area contributed by atoms with Gasteiger partial charge in [-0.3, -0.25) is 0 Å². The molecule has 1 aliphatic carbocycles. The standard InChI is InChI=1S/C11H17NO4/c1-2-6-16-11(15)12-9(10(13)14)7-8-4-3-5-8/h2,8-9H,1,3-7H2,(H,12,15)(H,13,14). The van der Waals surface area contributed by atoms with Crippen molar-refractivity contribution in [1.82, 2.24) is 5.32 Å². The number of ether oxygens (including phenoxy) is 1. The highest BCUT2D eigenvalue weighted by Crippen LogP contribution is 2.30. The topological polar surface area (TPSA) is 75.6 Å². The van der Waals surface area contributed by atoms with Gasteiger partial charge in [-0.15, -0.1) is 0 Å². The predicted octanol–water partition coefficient (Wildman–Crippen LogP) is 1.54. The molecule has 0 aromatic heterocycles. The smallest absolute Gasteiger partial charge is 0.408 e. The van der Waals surface area contributed by atoms with Crippen LogP contribution in [0.15, 0.2) is 12.7 Å². The first-order valence-electron chi connectivity index (χ1n) is 5.40. The average Bonchev–Trinajstić information content (AvgIpc) is 2.17. The zero-order chi connectivity index (χ0) is 12.0. The third-order valence-electron chi connectivity index (χ3n) is 2.72. The molecule has 1 amide bonds. The summed E-state index contributed by atoms with van der Waals surface area (Å²) in [5.74, 6) is -0.594. The zero-order valence-corrected chi connectivity index (χ0v) is 9.15. The van der Waals surface area contributed by atoms with Gasteiger partial charge in [-0.25, -0.2) is 9.59 Å². The van der Waals surface area contributed by atoms with Crippen LogP contribution < -0.4 is 5.32 Å². The van der Waals surface area contributed by atoms with E-state index in [1.165, 1.54) is 6.08 Å². The molecule has 5 nitrogen and oxygen atoms in total. The molecular weight excluding hydrogens is 210 g/mol. The number of alkyl carbamates (subject to hydrolysis) is 1. The maximum Gasteiger partial charge on any atom is 0.408 e. The van der Waals surface area contributed by atoms with Crippen molar-refractivity contribution in [1.29, 1.82) is 0 Å². The summed E-state index contributed by atoms with van der Waals surface area (Å²) in [5.41, 5.74) is 0. The van der Waals surface area contributed by atoms with Crippen molar-refractivity contribution in [2.24, 2.45) is 5.92 Å². The first-order valence-corrected chi connectivity index (χ1v) is 5.40. The summed E-state index contributed by atoms with van der Waals surface area (Å²) in [6, 6.07) is -0.845. The van der Waals surface area contributed by atoms with E-state index in [-0.39, 0.29) is 6.61 Å². The van der Waals surface area contributed by atoms with E-state index < -0.39 is 18.1 Å². The van der Waals surface area contributed by atoms with Gasteiger partial charge < -0.3 is 15.2 Å². The van der Waals surface area contributed by atoms with Gasteiger partial charge in [0.05, 0.1) is 0 Å². The fourth-order valence-electron chi connectivity index (χ4n) is 1.60. The van der Waals surface area contributed by atoms with Crippen LogP contribution in [0.25, 0.3) is 0 Å². The maximum atomic E-state index is 11.2. The largest absolute Gasteiger partial charge is 0.480 e. The molecule has 0 heterocycles. The van der Waals surface area contributed by atoms with Gasteiger partial charge >= 0.3 is 12.1 Å². The van der Waals surface area contributed by atoms with Crippen molar-refractivity contribution in [3.8, 4) is 0 Å². The number of carbonyl (C=O) groups is 2. The summed E-state index contributed by atoms with van der Waals surface area (Å²) in [6.07, 6.45) is 4.46. The Morgan fingerprint density at radius 2 is 2.25 bits per heavy atom. The van der Waals surface area contributed by atoms with E-state index in [9.17, 15) is 9.59 Å². The fraction of sp³-hybridized carbons (Fsp3) is 0.636. The van der Waals surface area contributed by atoms with Gasteiger partial charge in [-0.2, -0.15) is 0 Å². The van der Waals surface area contributed by atoms with Crippen LogP contribution in [0.3, 0.4) is 0 Å². The lowest BCUT2D eigenvalue weighted by molar-refractivity contribution is -0.140. The van der Waals surface area contributed by atoms with Gasteiger partial charge in [0.1, 0.15) is 12.6 Å². The molecule has 1 unspecified atom stereocenters. The molecular formula is C11H17NO4. The van der Waals surface area contributed by atoms with Crippen LogP contribution in [-0.2, 0) is 9.53 Å². The van der Waals surface area contributed by atoms with E-state index in [1.54, 1.807) is 0 Å². The zero-order valence-electron chi connectivity index (χ0n) is 9.15. The third kappa shape index (κ3) is 3.92. The molecule has 2 N–H and O–H groups in total. The second-order valence-electron chi connectivity index (χ2n) is 3.95. The minimum atomic E-state index is -1.01. The highest BCUT2D eigenvalue weighted by Gasteiger charge is 2.27. The molecule has 1 rings (SSSR count). The lowest BCUT2D eigenvalue weighted by atomic mass is 9.81. The maximum absolute atomic E-state index is 11.2. The summed E-state index contributed by atoms with van der Waals surface area (Å²) < 4.78 is 4.67. The molecule has 0 saturated heterocycles. The van der Waals surface area contributed by atoms with Crippen molar-refractivity contribution in [3.05, 3.63) is 12.7 Å². The van der Waals surface area contributed by atoms with Crippen molar-refractivity contribution in [2.75, 3.05) is 6.61 Å². The van der Waals surface area contributed by atoms with E-state index in [0.717, 1.165) is 19.3 Å². The summed E-state index contributed by atoms with van der Waals surface area (Å²) in [5, 5.41) is 11.3. The number of hydrogen-bond acceptors (Lipinski definition) is 3. The Balaban J connectivity index is 2.34. The average molecular weight is 227 g/mol. The molecule has 0 aromatic carbocycles. The van der Waals surface area contributed by atoms with Crippen LogP contribution in [0.4, 0.5) is 4.79 Å². The molecule has 5 heteroatoms. The lowest BCUT2D eigenvalue weighted by Gasteiger charge is -2.28. The number of carbonyl (C=O) groups excluding carboxylic acids is 1. The number of aliphatic carboxylic acids is 1. The molecule has 0 bridgehead atoms. The molecule has 90 valence electrons. The van der Waals surface area contributed by atoms with Gasteiger partial charge in [0.25, 0.3) is 0 Å². The second kappa shape index (κ2) is 6.15. The SMILES string of the molecule is C=CCOC(=O)NC(CC1CCC1)C(=O)O. The number of nitrogens with one attached hydrogen (secondary N) is 1. The summed E-state index contributed by atoms with van der Waals surface area (Å²) in [6.45, 7) is 3.48. The molecule has 0 radical (unpaired) electrons. The fourth-order valence-corrected chi connectivity index (χ4v) is 1.60. The van der Waals surface area contributed by atoms with Crippen LogP contribution in [0, 0.1) is 5.92 Å². The molecule has 0 spiro atoms. The predicted molar refractivity (Wildman–Crippen MR) is 58.1 cm³/mol. The highest BCUT2D eigenvalue weighted by molar-refractivity contribution is 5.79. The first-order chi connectivity index (χ1) is 7.63. The Hall–Kier alpha value is -1.52. The van der Waals surface area contributed by atoms with Gasteiger partial charge in [0, 0.05) is 0 Å². The number of carboxylic acids is 1. The van der Waals surface area contributed by atoms with Crippen molar-refractivity contribution >= 4 is 12.1 Å². The molecule has 0 aromatic rings. The lowest BCUT2D eigenvalue weighted by Crippen LogP contribution is -2.43. The van der Waals surface area contributed by atoms with Gasteiger partial charge in [-0.1, -0.05) is 31.9 Å². The second-order valence-corrected chi connectivity index (χ2v) is 3.95. The number of rotatable bonds is 6. The van der Waals surface area contributed by atoms with Gasteiger partial charge in [0.2, 0.25) is 0 Å². The molecule has 1 atom stereocenters. The Morgan fingerprint density at radius 1 is 1.56 bits per heavy atom. The van der Waals surface area contributed by atoms with Crippen LogP contribution >= 0.6 is 0 Å². The van der Waals surface area contributed by atoms with Crippen molar-refractivity contribution < 1.29 is 19.4 Å². The monoisotopic (exact) mass is 227 g/mol. The summed E-state index contributed by atoms with van der Waals surface area (Å²) >= 11 is 0. The third-order valence-corrected chi connectivity index (χ3v) is 2.72. The van der Waals surface area contributed by atoms with E-state index in [0.29, 0.717) is 12.3 Å². The molecule has 16 heavy (non-hydrogen) atoms. The van der Waals surface area contributed by atoms with Gasteiger partial charge in [-0.05, 0) is 12.3 Å². The number of carboxylic acid groups (broad SMARTS) is 1. The summed E-state index contributed by atoms with van der Waals surface area (Å²) in [4.78, 5) is 22.1. The Morgan fingerprint density at radius 3 is 2.69 bits per heavy atom. The number of hydrogen-bond donors (Lipinski definition) is 2. The van der Waals surface area contributed by atoms with Crippen LogP contribution in [-0.4, -0.2) is 29.8 Å². The Kier molecular flexibility index (Phi) is 4.82. The molecule has 0 aliphatic heterocycles. The van der Waals surface area contributed by atoms with E-state index >= 15 is 0 Å². The van der Waals surface area contributed by atoms with Gasteiger partial charge in [0.15, 0.2) is 0 Å². The Labute approximate surface area is 94.5 Å². The van der Waals surface area contributed by atoms with E-state index in [2.05, 4.69) is 16.6 Å². The minimum Gasteiger partial charge on any atom is -0.480 e. The summed E-state index contributed by atoms with van der Waals surface area (Å²) in [7, 11) is 0. The van der Waals surface area contributed by atoms with Crippen LogP contribution in [0.5, 0.6) is 0 Å². The van der Waals surface area contributed by atoms with E-state index in [4.69, 9.17) is 5.11 Å². The quantitative estimate of drug-likeness (QED) is 0.675. The minimum absolute atomic E-state index is 0.0849.